The first-order valence-electron chi connectivity index (χ1n) is 7.98. The molecule has 0 saturated heterocycles. The maximum atomic E-state index is 12.2. The number of amides is 2. The summed E-state index contributed by atoms with van der Waals surface area (Å²) in [7, 11) is 0. The molecule has 2 aromatic heterocycles. The predicted octanol–water partition coefficient (Wildman–Crippen LogP) is 2.76. The molecule has 0 fully saturated rings. The van der Waals surface area contributed by atoms with Gasteiger partial charge < -0.3 is 5.32 Å². The van der Waals surface area contributed by atoms with Crippen LogP contribution in [0, 0.1) is 6.92 Å². The molecule has 0 saturated carbocycles. The second-order valence-electron chi connectivity index (χ2n) is 6.16. The topological polar surface area (TPSA) is 84.7 Å². The number of carbonyl (C=O) groups excluding carboxylic acids is 1. The van der Waals surface area contributed by atoms with E-state index in [1.807, 2.05) is 23.7 Å². The van der Waals surface area contributed by atoms with Crippen LogP contribution in [0.5, 0.6) is 0 Å². The fourth-order valence-corrected chi connectivity index (χ4v) is 2.67. The van der Waals surface area contributed by atoms with Crippen molar-refractivity contribution in [3.05, 3.63) is 35.5 Å². The molecular weight excluding hydrogens is 292 g/mol. The van der Waals surface area contributed by atoms with Gasteiger partial charge in [0, 0.05) is 18.2 Å². The Morgan fingerprint density at radius 1 is 1.35 bits per heavy atom. The van der Waals surface area contributed by atoms with Gasteiger partial charge in [0.15, 0.2) is 5.82 Å². The van der Waals surface area contributed by atoms with E-state index >= 15 is 0 Å². The summed E-state index contributed by atoms with van der Waals surface area (Å²) in [5, 5.41) is 10.3. The van der Waals surface area contributed by atoms with Crippen LogP contribution in [0.15, 0.2) is 18.2 Å². The number of fused-ring (bicyclic) bond motifs is 1. The highest BCUT2D eigenvalue weighted by Gasteiger charge is 2.26. The van der Waals surface area contributed by atoms with Crippen molar-refractivity contribution in [1.82, 2.24) is 25.1 Å². The molecule has 2 aromatic rings. The number of hydrogen-bond donors (Lipinski definition) is 2. The lowest BCUT2D eigenvalue weighted by Crippen LogP contribution is -2.36. The summed E-state index contributed by atoms with van der Waals surface area (Å²) >= 11 is 0. The van der Waals surface area contributed by atoms with Crippen LogP contribution in [0.4, 0.5) is 10.6 Å². The third-order valence-corrected chi connectivity index (χ3v) is 3.84. The predicted molar refractivity (Wildman–Crippen MR) is 87.2 cm³/mol. The van der Waals surface area contributed by atoms with E-state index in [0.717, 1.165) is 36.7 Å². The number of nitrogens with one attached hydrogen (secondary N) is 2. The standard InChI is InChI=1S/C16H22N6O/c1-10(2)14-20-15-12(7-5-9-22(15)21-14)18-16(23)19-13-8-4-6-11(3)17-13/h4,6,8,10,12H,5,7,9H2,1-3H3,(H2,17,18,19,23)/t12-/m1/s1. The summed E-state index contributed by atoms with van der Waals surface area (Å²) in [4.78, 5) is 21.1. The molecule has 2 N–H and O–H groups in total. The summed E-state index contributed by atoms with van der Waals surface area (Å²) in [5.74, 6) is 2.49. The summed E-state index contributed by atoms with van der Waals surface area (Å²) in [6, 6.07) is 5.14. The van der Waals surface area contributed by atoms with Crippen molar-refractivity contribution in [2.24, 2.45) is 0 Å². The number of hydrogen-bond acceptors (Lipinski definition) is 4. The van der Waals surface area contributed by atoms with Crippen molar-refractivity contribution in [2.75, 3.05) is 5.32 Å². The van der Waals surface area contributed by atoms with Gasteiger partial charge in [0.2, 0.25) is 0 Å². The highest BCUT2D eigenvalue weighted by atomic mass is 16.2. The Morgan fingerprint density at radius 2 is 2.17 bits per heavy atom. The van der Waals surface area contributed by atoms with Crippen molar-refractivity contribution in [3.8, 4) is 0 Å². The molecule has 2 amide bonds. The fourth-order valence-electron chi connectivity index (χ4n) is 2.67. The summed E-state index contributed by atoms with van der Waals surface area (Å²) in [6.07, 6.45) is 1.84. The average molecular weight is 314 g/mol. The maximum absolute atomic E-state index is 12.2. The second-order valence-corrected chi connectivity index (χ2v) is 6.16. The first-order valence-corrected chi connectivity index (χ1v) is 7.98. The lowest BCUT2D eigenvalue weighted by molar-refractivity contribution is 0.244. The van der Waals surface area contributed by atoms with E-state index in [2.05, 4.69) is 39.5 Å². The molecule has 1 atom stereocenters. The molecule has 23 heavy (non-hydrogen) atoms. The Kier molecular flexibility index (Phi) is 4.27. The molecule has 122 valence electrons. The minimum absolute atomic E-state index is 0.117. The van der Waals surface area contributed by atoms with Crippen LogP contribution < -0.4 is 10.6 Å². The van der Waals surface area contributed by atoms with Crippen LogP contribution in [0.2, 0.25) is 0 Å². The number of nitrogens with zero attached hydrogens (tertiary/aromatic N) is 4. The van der Waals surface area contributed by atoms with Gasteiger partial charge in [-0.15, -0.1) is 0 Å². The van der Waals surface area contributed by atoms with Crippen LogP contribution in [0.1, 0.15) is 56.0 Å². The van der Waals surface area contributed by atoms with Gasteiger partial charge in [-0.05, 0) is 31.9 Å². The van der Waals surface area contributed by atoms with Crippen molar-refractivity contribution >= 4 is 11.8 Å². The molecule has 3 heterocycles. The Morgan fingerprint density at radius 3 is 2.91 bits per heavy atom. The van der Waals surface area contributed by atoms with Crippen LogP contribution in [0.3, 0.4) is 0 Å². The number of aryl methyl sites for hydroxylation is 2. The van der Waals surface area contributed by atoms with Gasteiger partial charge >= 0.3 is 6.03 Å². The van der Waals surface area contributed by atoms with E-state index in [9.17, 15) is 4.79 Å². The Balaban J connectivity index is 1.70. The van der Waals surface area contributed by atoms with Crippen LogP contribution in [-0.4, -0.2) is 25.8 Å². The highest BCUT2D eigenvalue weighted by Crippen LogP contribution is 2.24. The lowest BCUT2D eigenvalue weighted by atomic mass is 10.1. The quantitative estimate of drug-likeness (QED) is 0.912. The number of rotatable bonds is 3. The number of pyridine rings is 1. The fraction of sp³-hybridized carbons (Fsp3) is 0.500. The molecule has 0 aromatic carbocycles. The van der Waals surface area contributed by atoms with Crippen molar-refractivity contribution in [3.63, 3.8) is 0 Å². The molecule has 1 aliphatic heterocycles. The van der Waals surface area contributed by atoms with E-state index in [1.54, 1.807) is 6.07 Å². The smallest absolute Gasteiger partial charge is 0.320 e. The second kappa shape index (κ2) is 6.36. The first kappa shape index (κ1) is 15.5. The number of aromatic nitrogens is 4. The van der Waals surface area contributed by atoms with Crippen molar-refractivity contribution < 1.29 is 4.79 Å². The van der Waals surface area contributed by atoms with Gasteiger partial charge in [-0.3, -0.25) is 5.32 Å². The van der Waals surface area contributed by atoms with Crippen LogP contribution in [0.25, 0.3) is 0 Å². The van der Waals surface area contributed by atoms with Crippen LogP contribution in [-0.2, 0) is 6.54 Å². The van der Waals surface area contributed by atoms with Gasteiger partial charge in [0.05, 0.1) is 6.04 Å². The van der Waals surface area contributed by atoms with Gasteiger partial charge in [-0.2, -0.15) is 5.10 Å². The summed E-state index contributed by atoms with van der Waals surface area (Å²) < 4.78 is 1.91. The molecular formula is C16H22N6O. The first-order chi connectivity index (χ1) is 11.0. The third kappa shape index (κ3) is 3.49. The zero-order valence-corrected chi connectivity index (χ0v) is 13.7. The van der Waals surface area contributed by atoms with Gasteiger partial charge in [-0.25, -0.2) is 19.4 Å². The molecule has 0 radical (unpaired) electrons. The molecule has 0 aliphatic carbocycles. The van der Waals surface area contributed by atoms with Crippen LogP contribution >= 0.6 is 0 Å². The number of carbonyl (C=O) groups is 1. The minimum atomic E-state index is -0.268. The van der Waals surface area contributed by atoms with Gasteiger partial charge in [0.25, 0.3) is 0 Å². The molecule has 7 nitrogen and oxygen atoms in total. The number of anilines is 1. The zero-order valence-electron chi connectivity index (χ0n) is 13.7. The van der Waals surface area contributed by atoms with Crippen molar-refractivity contribution in [1.29, 1.82) is 0 Å². The molecule has 0 spiro atoms. The molecule has 0 unspecified atom stereocenters. The largest absolute Gasteiger partial charge is 0.328 e. The normalized spacial score (nSPS) is 17.0. The zero-order chi connectivity index (χ0) is 16.4. The molecule has 3 rings (SSSR count). The highest BCUT2D eigenvalue weighted by molar-refractivity contribution is 5.88. The van der Waals surface area contributed by atoms with E-state index in [-0.39, 0.29) is 18.0 Å². The molecule has 7 heteroatoms. The summed E-state index contributed by atoms with van der Waals surface area (Å²) in [6.45, 7) is 6.88. The molecule has 1 aliphatic rings. The van der Waals surface area contributed by atoms with Gasteiger partial charge in [0.1, 0.15) is 11.6 Å². The monoisotopic (exact) mass is 314 g/mol. The average Bonchev–Trinajstić information content (AvgIpc) is 2.92. The minimum Gasteiger partial charge on any atom is -0.328 e. The van der Waals surface area contributed by atoms with Crippen molar-refractivity contribution in [2.45, 2.75) is 52.1 Å². The van der Waals surface area contributed by atoms with E-state index in [4.69, 9.17) is 0 Å². The molecule has 0 bridgehead atoms. The van der Waals surface area contributed by atoms with E-state index in [1.165, 1.54) is 0 Å². The number of urea groups is 1. The summed E-state index contributed by atoms with van der Waals surface area (Å²) in [5.41, 5.74) is 0.863. The van der Waals surface area contributed by atoms with E-state index in [0.29, 0.717) is 5.82 Å². The Hall–Kier alpha value is -2.44. The lowest BCUT2D eigenvalue weighted by Gasteiger charge is -2.23. The Bertz CT molecular complexity index is 708. The third-order valence-electron chi connectivity index (χ3n) is 3.84. The maximum Gasteiger partial charge on any atom is 0.320 e. The SMILES string of the molecule is Cc1cccc(NC(=O)N[C@@H]2CCCn3nc(C(C)C)nc32)n1. The van der Waals surface area contributed by atoms with E-state index < -0.39 is 0 Å². The van der Waals surface area contributed by atoms with Gasteiger partial charge in [-0.1, -0.05) is 19.9 Å². The Labute approximate surface area is 135 Å².